The van der Waals surface area contributed by atoms with Crippen LogP contribution in [0.15, 0.2) is 79.3 Å². The molecule has 0 aliphatic carbocycles. The number of imidazole rings is 1. The Morgan fingerprint density at radius 2 is 1.43 bits per heavy atom. The van der Waals surface area contributed by atoms with Gasteiger partial charge in [0.25, 0.3) is 0 Å². The van der Waals surface area contributed by atoms with E-state index in [-0.39, 0.29) is 0 Å². The second-order valence-corrected chi connectivity index (χ2v) is 5.37. The number of fused-ring (bicyclic) bond motifs is 1. The maximum atomic E-state index is 10.7. The van der Waals surface area contributed by atoms with E-state index in [1.165, 1.54) is 0 Å². The number of aromatic nitrogens is 3. The maximum Gasteiger partial charge on any atom is 0.234 e. The Morgan fingerprint density at radius 1 is 0.783 bits per heavy atom. The van der Waals surface area contributed by atoms with Gasteiger partial charge in [0, 0.05) is 18.0 Å². The quantitative estimate of drug-likeness (QED) is 0.630. The van der Waals surface area contributed by atoms with Gasteiger partial charge in [-0.25, -0.2) is 9.97 Å². The molecule has 4 aromatic rings. The van der Waals surface area contributed by atoms with Crippen molar-refractivity contribution in [1.82, 2.24) is 14.4 Å². The third kappa shape index (κ3) is 2.49. The topological polar surface area (TPSA) is 50.4 Å². The summed E-state index contributed by atoms with van der Waals surface area (Å²) in [5.41, 5.74) is 3.60. The van der Waals surface area contributed by atoms with Gasteiger partial charge in [-0.3, -0.25) is 4.40 Å². The Morgan fingerprint density at radius 3 is 2.17 bits per heavy atom. The van der Waals surface area contributed by atoms with Crippen molar-refractivity contribution in [2.45, 2.75) is 6.10 Å². The van der Waals surface area contributed by atoms with Crippen molar-refractivity contribution in [2.75, 3.05) is 0 Å². The smallest absolute Gasteiger partial charge is 0.234 e. The van der Waals surface area contributed by atoms with E-state index in [9.17, 15) is 5.11 Å². The largest absolute Gasteiger partial charge is 0.382 e. The minimum Gasteiger partial charge on any atom is -0.382 e. The van der Waals surface area contributed by atoms with E-state index in [1.807, 2.05) is 71.3 Å². The highest BCUT2D eigenvalue weighted by atomic mass is 16.3. The molecule has 0 radical (unpaired) electrons. The Kier molecular flexibility index (Phi) is 3.37. The van der Waals surface area contributed by atoms with Crippen molar-refractivity contribution in [3.8, 4) is 11.1 Å². The number of nitrogens with zero attached hydrogens (tertiary/aromatic N) is 3. The fourth-order valence-electron chi connectivity index (χ4n) is 2.68. The lowest BCUT2D eigenvalue weighted by atomic mass is 10.1. The molecular weight excluding hydrogens is 286 g/mol. The van der Waals surface area contributed by atoms with Gasteiger partial charge in [0.1, 0.15) is 6.10 Å². The van der Waals surface area contributed by atoms with Crippen molar-refractivity contribution in [2.24, 2.45) is 0 Å². The van der Waals surface area contributed by atoms with E-state index in [1.54, 1.807) is 12.4 Å². The summed E-state index contributed by atoms with van der Waals surface area (Å²) >= 11 is 0. The second kappa shape index (κ2) is 5.66. The molecule has 23 heavy (non-hydrogen) atoms. The van der Waals surface area contributed by atoms with E-state index in [2.05, 4.69) is 9.97 Å². The lowest BCUT2D eigenvalue weighted by Gasteiger charge is -2.11. The number of aliphatic hydroxyl groups excluding tert-OH is 1. The Hall–Kier alpha value is -2.98. The van der Waals surface area contributed by atoms with Crippen molar-refractivity contribution in [3.63, 3.8) is 0 Å². The SMILES string of the molecule is OC(c1ccccc1)c1cnc2ncc(-c3ccccc3)cn12. The average Bonchev–Trinajstić information content (AvgIpc) is 3.05. The van der Waals surface area contributed by atoms with Crippen molar-refractivity contribution < 1.29 is 5.11 Å². The molecule has 1 atom stereocenters. The Balaban J connectivity index is 1.82. The molecule has 4 nitrogen and oxygen atoms in total. The van der Waals surface area contributed by atoms with Crippen LogP contribution >= 0.6 is 0 Å². The summed E-state index contributed by atoms with van der Waals surface area (Å²) in [5, 5.41) is 10.7. The molecule has 0 bridgehead atoms. The lowest BCUT2D eigenvalue weighted by Crippen LogP contribution is -2.04. The third-order valence-electron chi connectivity index (χ3n) is 3.90. The molecule has 2 heterocycles. The maximum absolute atomic E-state index is 10.7. The highest BCUT2D eigenvalue weighted by molar-refractivity contribution is 5.62. The van der Waals surface area contributed by atoms with E-state index >= 15 is 0 Å². The molecule has 0 aliphatic rings. The van der Waals surface area contributed by atoms with Crippen molar-refractivity contribution in [3.05, 3.63) is 90.5 Å². The van der Waals surface area contributed by atoms with Gasteiger partial charge >= 0.3 is 0 Å². The number of benzene rings is 2. The summed E-state index contributed by atoms with van der Waals surface area (Å²) in [5.74, 6) is 0.578. The number of hydrogen-bond donors (Lipinski definition) is 1. The molecular formula is C19H15N3O. The summed E-state index contributed by atoms with van der Waals surface area (Å²) < 4.78 is 1.85. The first-order chi connectivity index (χ1) is 11.3. The molecule has 0 saturated carbocycles. The summed E-state index contributed by atoms with van der Waals surface area (Å²) in [6.07, 6.45) is 4.70. The van der Waals surface area contributed by atoms with Crippen LogP contribution in [0.5, 0.6) is 0 Å². The summed E-state index contributed by atoms with van der Waals surface area (Å²) in [6.45, 7) is 0. The molecule has 4 heteroatoms. The number of hydrogen-bond acceptors (Lipinski definition) is 3. The first kappa shape index (κ1) is 13.7. The van der Waals surface area contributed by atoms with E-state index in [0.717, 1.165) is 16.7 Å². The van der Waals surface area contributed by atoms with Crippen LogP contribution in [0.25, 0.3) is 16.9 Å². The molecule has 2 aromatic carbocycles. The molecule has 4 rings (SSSR count). The monoisotopic (exact) mass is 301 g/mol. The van der Waals surface area contributed by atoms with Gasteiger partial charge in [0.15, 0.2) is 0 Å². The standard InChI is InChI=1S/C19H15N3O/c23-18(15-9-5-2-6-10-15)17-12-21-19-20-11-16(13-22(17)19)14-7-3-1-4-8-14/h1-13,18,23H. The van der Waals surface area contributed by atoms with Crippen LogP contribution in [0, 0.1) is 0 Å². The second-order valence-electron chi connectivity index (χ2n) is 5.37. The van der Waals surface area contributed by atoms with Gasteiger partial charge in [-0.2, -0.15) is 0 Å². The molecule has 1 unspecified atom stereocenters. The predicted molar refractivity (Wildman–Crippen MR) is 88.9 cm³/mol. The molecule has 1 N–H and O–H groups in total. The van der Waals surface area contributed by atoms with Crippen LogP contribution in [0.3, 0.4) is 0 Å². The molecule has 0 fully saturated rings. The fraction of sp³-hybridized carbons (Fsp3) is 0.0526. The third-order valence-corrected chi connectivity index (χ3v) is 3.90. The number of aliphatic hydroxyl groups is 1. The summed E-state index contributed by atoms with van der Waals surface area (Å²) in [4.78, 5) is 8.69. The normalized spacial score (nSPS) is 12.4. The predicted octanol–water partition coefficient (Wildman–Crippen LogP) is 3.48. The highest BCUT2D eigenvalue weighted by Crippen LogP contribution is 2.24. The van der Waals surface area contributed by atoms with Crippen LogP contribution in [-0.4, -0.2) is 19.5 Å². The zero-order chi connectivity index (χ0) is 15.6. The summed E-state index contributed by atoms with van der Waals surface area (Å²) in [6, 6.07) is 19.6. The minimum atomic E-state index is -0.737. The van der Waals surface area contributed by atoms with Gasteiger partial charge in [-0.15, -0.1) is 0 Å². The first-order valence-electron chi connectivity index (χ1n) is 7.44. The van der Waals surface area contributed by atoms with Crippen LogP contribution in [0.1, 0.15) is 17.4 Å². The zero-order valence-corrected chi connectivity index (χ0v) is 12.4. The highest BCUT2D eigenvalue weighted by Gasteiger charge is 2.16. The van der Waals surface area contributed by atoms with Crippen LogP contribution in [0.2, 0.25) is 0 Å². The fourth-order valence-corrected chi connectivity index (χ4v) is 2.68. The molecule has 0 aliphatic heterocycles. The van der Waals surface area contributed by atoms with Gasteiger partial charge in [0.2, 0.25) is 5.78 Å². The van der Waals surface area contributed by atoms with E-state index < -0.39 is 6.10 Å². The number of rotatable bonds is 3. The average molecular weight is 301 g/mol. The zero-order valence-electron chi connectivity index (χ0n) is 12.4. The molecule has 0 spiro atoms. The Bertz CT molecular complexity index is 933. The molecule has 0 amide bonds. The molecule has 0 saturated heterocycles. The Labute approximate surface area is 133 Å². The molecule has 112 valence electrons. The molecule has 2 aromatic heterocycles. The van der Waals surface area contributed by atoms with Crippen LogP contribution in [-0.2, 0) is 0 Å². The van der Waals surface area contributed by atoms with Gasteiger partial charge < -0.3 is 5.11 Å². The van der Waals surface area contributed by atoms with Crippen LogP contribution < -0.4 is 0 Å². The lowest BCUT2D eigenvalue weighted by molar-refractivity contribution is 0.214. The van der Waals surface area contributed by atoms with Gasteiger partial charge in [0.05, 0.1) is 11.9 Å². The first-order valence-corrected chi connectivity index (χ1v) is 7.44. The van der Waals surface area contributed by atoms with E-state index in [0.29, 0.717) is 11.5 Å². The minimum absolute atomic E-state index is 0.578. The van der Waals surface area contributed by atoms with Crippen LogP contribution in [0.4, 0.5) is 0 Å². The summed E-state index contributed by atoms with van der Waals surface area (Å²) in [7, 11) is 0. The van der Waals surface area contributed by atoms with E-state index in [4.69, 9.17) is 0 Å². The van der Waals surface area contributed by atoms with Gasteiger partial charge in [-0.1, -0.05) is 60.7 Å². The van der Waals surface area contributed by atoms with Crippen molar-refractivity contribution in [1.29, 1.82) is 0 Å². The van der Waals surface area contributed by atoms with Gasteiger partial charge in [-0.05, 0) is 11.1 Å². The van der Waals surface area contributed by atoms with Crippen molar-refractivity contribution >= 4 is 5.78 Å².